The third kappa shape index (κ3) is 1.88. The number of hydrogen-bond donors (Lipinski definition) is 2. The Morgan fingerprint density at radius 3 is 2.60 bits per heavy atom. The molecule has 1 amide bonds. The third-order valence-corrected chi connectivity index (χ3v) is 2.65. The van der Waals surface area contributed by atoms with Crippen LogP contribution in [0.4, 0.5) is 5.69 Å². The lowest BCUT2D eigenvalue weighted by Gasteiger charge is -2.15. The van der Waals surface area contributed by atoms with Gasteiger partial charge in [0.2, 0.25) is 0 Å². The molecule has 0 unspecified atom stereocenters. The van der Waals surface area contributed by atoms with Crippen molar-refractivity contribution in [2.45, 2.75) is 12.8 Å². The van der Waals surface area contributed by atoms with Gasteiger partial charge in [-0.05, 0) is 25.0 Å². The zero-order chi connectivity index (χ0) is 10.8. The summed E-state index contributed by atoms with van der Waals surface area (Å²) in [7, 11) is 0. The van der Waals surface area contributed by atoms with Crippen molar-refractivity contribution in [3.05, 3.63) is 23.8 Å². The Kier molecular flexibility index (Phi) is 2.49. The Morgan fingerprint density at radius 1 is 1.33 bits per heavy atom. The highest BCUT2D eigenvalue weighted by Gasteiger charge is 2.21. The normalized spacial score (nSPS) is 15.6. The number of phenols is 1. The van der Waals surface area contributed by atoms with Crippen molar-refractivity contribution < 1.29 is 9.90 Å². The molecule has 1 aliphatic rings. The van der Waals surface area contributed by atoms with Crippen molar-refractivity contribution in [1.29, 1.82) is 0 Å². The SMILES string of the molecule is Nc1ccc(C(=O)N2CCCC2)c(O)c1. The number of nitrogen functional groups attached to an aromatic ring is 1. The topological polar surface area (TPSA) is 66.6 Å². The smallest absolute Gasteiger partial charge is 0.257 e. The molecule has 4 heteroatoms. The Morgan fingerprint density at radius 2 is 2.00 bits per heavy atom. The number of nitrogens with two attached hydrogens (primary N) is 1. The summed E-state index contributed by atoms with van der Waals surface area (Å²) >= 11 is 0. The van der Waals surface area contributed by atoms with E-state index in [-0.39, 0.29) is 11.7 Å². The molecule has 80 valence electrons. The number of anilines is 1. The van der Waals surface area contributed by atoms with E-state index in [0.717, 1.165) is 25.9 Å². The number of nitrogens with zero attached hydrogens (tertiary/aromatic N) is 1. The Labute approximate surface area is 88.3 Å². The molecule has 3 N–H and O–H groups in total. The number of benzene rings is 1. The van der Waals surface area contributed by atoms with Crippen molar-refractivity contribution in [2.24, 2.45) is 0 Å². The van der Waals surface area contributed by atoms with Crippen LogP contribution in [-0.2, 0) is 0 Å². The summed E-state index contributed by atoms with van der Waals surface area (Å²) < 4.78 is 0. The zero-order valence-electron chi connectivity index (χ0n) is 8.44. The lowest BCUT2D eigenvalue weighted by molar-refractivity contribution is 0.0790. The van der Waals surface area contributed by atoms with Crippen LogP contribution in [-0.4, -0.2) is 29.0 Å². The van der Waals surface area contributed by atoms with Crippen LogP contribution in [0.25, 0.3) is 0 Å². The summed E-state index contributed by atoms with van der Waals surface area (Å²) in [6.45, 7) is 1.56. The van der Waals surface area contributed by atoms with E-state index >= 15 is 0 Å². The van der Waals surface area contributed by atoms with Crippen LogP contribution < -0.4 is 5.73 Å². The van der Waals surface area contributed by atoms with Gasteiger partial charge < -0.3 is 15.7 Å². The summed E-state index contributed by atoms with van der Waals surface area (Å²) in [6.07, 6.45) is 2.09. The molecule has 1 saturated heterocycles. The molecule has 0 spiro atoms. The van der Waals surface area contributed by atoms with Gasteiger partial charge in [-0.15, -0.1) is 0 Å². The molecule has 0 aromatic heterocycles. The monoisotopic (exact) mass is 206 g/mol. The van der Waals surface area contributed by atoms with Gasteiger partial charge in [0.15, 0.2) is 0 Å². The maximum absolute atomic E-state index is 11.9. The molecule has 1 fully saturated rings. The summed E-state index contributed by atoms with van der Waals surface area (Å²) in [5, 5.41) is 9.59. The average molecular weight is 206 g/mol. The van der Waals surface area contributed by atoms with E-state index in [1.807, 2.05) is 0 Å². The molecule has 0 bridgehead atoms. The molecule has 0 radical (unpaired) electrons. The van der Waals surface area contributed by atoms with E-state index in [1.54, 1.807) is 17.0 Å². The summed E-state index contributed by atoms with van der Waals surface area (Å²) in [5.74, 6) is -0.142. The zero-order valence-corrected chi connectivity index (χ0v) is 8.44. The molecule has 4 nitrogen and oxygen atoms in total. The molecule has 1 aromatic rings. The first kappa shape index (κ1) is 9.83. The van der Waals surface area contributed by atoms with Gasteiger partial charge in [0, 0.05) is 24.8 Å². The minimum absolute atomic E-state index is 0.0353. The fourth-order valence-electron chi connectivity index (χ4n) is 1.82. The molecule has 1 aromatic carbocycles. The van der Waals surface area contributed by atoms with Gasteiger partial charge in [-0.1, -0.05) is 0 Å². The number of carbonyl (C=O) groups is 1. The average Bonchev–Trinajstić information content (AvgIpc) is 2.69. The first-order valence-corrected chi connectivity index (χ1v) is 5.06. The van der Waals surface area contributed by atoms with Crippen LogP contribution in [0.5, 0.6) is 5.75 Å². The fraction of sp³-hybridized carbons (Fsp3) is 0.364. The minimum Gasteiger partial charge on any atom is -0.507 e. The van der Waals surface area contributed by atoms with Crippen molar-refractivity contribution in [1.82, 2.24) is 4.90 Å². The number of hydrogen-bond acceptors (Lipinski definition) is 3. The molecular formula is C11H14N2O2. The molecule has 0 atom stereocenters. The van der Waals surface area contributed by atoms with Crippen molar-refractivity contribution in [3.8, 4) is 5.75 Å². The number of rotatable bonds is 1. The lowest BCUT2D eigenvalue weighted by atomic mass is 10.1. The number of phenolic OH excluding ortho intramolecular Hbond substituents is 1. The summed E-state index contributed by atoms with van der Waals surface area (Å²) in [6, 6.07) is 4.61. The van der Waals surface area contributed by atoms with Crippen LogP contribution in [0.1, 0.15) is 23.2 Å². The summed E-state index contributed by atoms with van der Waals surface area (Å²) in [5.41, 5.74) is 6.30. The second kappa shape index (κ2) is 3.81. The van der Waals surface area contributed by atoms with E-state index in [1.165, 1.54) is 6.07 Å². The quantitative estimate of drug-likeness (QED) is 0.679. The van der Waals surface area contributed by atoms with Crippen LogP contribution in [0.2, 0.25) is 0 Å². The Balaban J connectivity index is 2.24. The lowest BCUT2D eigenvalue weighted by Crippen LogP contribution is -2.27. The first-order chi connectivity index (χ1) is 7.18. The van der Waals surface area contributed by atoms with Crippen molar-refractivity contribution in [3.63, 3.8) is 0 Å². The second-order valence-electron chi connectivity index (χ2n) is 3.78. The molecule has 1 heterocycles. The third-order valence-electron chi connectivity index (χ3n) is 2.65. The standard InChI is InChI=1S/C11H14N2O2/c12-8-3-4-9(10(14)7-8)11(15)13-5-1-2-6-13/h3-4,7,14H,1-2,5-6,12H2. The second-order valence-corrected chi connectivity index (χ2v) is 3.78. The van der Waals surface area contributed by atoms with Gasteiger partial charge >= 0.3 is 0 Å². The Hall–Kier alpha value is -1.71. The molecule has 15 heavy (non-hydrogen) atoms. The highest BCUT2D eigenvalue weighted by molar-refractivity contribution is 5.97. The highest BCUT2D eigenvalue weighted by Crippen LogP contribution is 2.23. The van der Waals surface area contributed by atoms with Crippen molar-refractivity contribution in [2.75, 3.05) is 18.8 Å². The predicted molar refractivity (Wildman–Crippen MR) is 57.7 cm³/mol. The minimum atomic E-state index is -0.106. The maximum Gasteiger partial charge on any atom is 0.257 e. The van der Waals surface area contributed by atoms with Crippen LogP contribution in [0.3, 0.4) is 0 Å². The van der Waals surface area contributed by atoms with Crippen LogP contribution in [0, 0.1) is 0 Å². The molecule has 2 rings (SSSR count). The number of likely N-dealkylation sites (tertiary alicyclic amines) is 1. The maximum atomic E-state index is 11.9. The largest absolute Gasteiger partial charge is 0.507 e. The van der Waals surface area contributed by atoms with Gasteiger partial charge in [-0.25, -0.2) is 0 Å². The van der Waals surface area contributed by atoms with Gasteiger partial charge in [0.05, 0.1) is 5.56 Å². The summed E-state index contributed by atoms with van der Waals surface area (Å²) in [4.78, 5) is 13.7. The Bertz CT molecular complexity index is 384. The van der Waals surface area contributed by atoms with E-state index in [4.69, 9.17) is 5.73 Å². The number of carbonyl (C=O) groups excluding carboxylic acids is 1. The van der Waals surface area contributed by atoms with E-state index in [0.29, 0.717) is 11.3 Å². The van der Waals surface area contributed by atoms with Gasteiger partial charge in [0.1, 0.15) is 5.75 Å². The molecule has 0 aliphatic carbocycles. The van der Waals surface area contributed by atoms with Gasteiger partial charge in [-0.2, -0.15) is 0 Å². The van der Waals surface area contributed by atoms with Crippen molar-refractivity contribution >= 4 is 11.6 Å². The first-order valence-electron chi connectivity index (χ1n) is 5.06. The van der Waals surface area contributed by atoms with E-state index in [9.17, 15) is 9.90 Å². The number of aromatic hydroxyl groups is 1. The van der Waals surface area contributed by atoms with Crippen LogP contribution >= 0.6 is 0 Å². The highest BCUT2D eigenvalue weighted by atomic mass is 16.3. The fourth-order valence-corrected chi connectivity index (χ4v) is 1.82. The number of amides is 1. The van der Waals surface area contributed by atoms with E-state index in [2.05, 4.69) is 0 Å². The molecular weight excluding hydrogens is 192 g/mol. The van der Waals surface area contributed by atoms with Crippen LogP contribution in [0.15, 0.2) is 18.2 Å². The molecule has 0 saturated carbocycles. The molecule has 1 aliphatic heterocycles. The van der Waals surface area contributed by atoms with E-state index < -0.39 is 0 Å². The van der Waals surface area contributed by atoms with Gasteiger partial charge in [-0.3, -0.25) is 4.79 Å². The predicted octanol–water partition coefficient (Wildman–Crippen LogP) is 1.21. The van der Waals surface area contributed by atoms with Gasteiger partial charge in [0.25, 0.3) is 5.91 Å².